The second-order valence-electron chi connectivity index (χ2n) is 7.48. The number of halogens is 1. The Labute approximate surface area is 164 Å². The van der Waals surface area contributed by atoms with Crippen LogP contribution in [0.2, 0.25) is 0 Å². The molecule has 2 aliphatic rings. The molecular formula is C21H26FN3O3. The number of carbonyl (C=O) groups is 1. The number of carbonyl (C=O) groups excluding carboxylic acids is 1. The molecule has 0 radical (unpaired) electrons. The van der Waals surface area contributed by atoms with Crippen LogP contribution in [0.3, 0.4) is 0 Å². The lowest BCUT2D eigenvalue weighted by molar-refractivity contribution is -0.146. The van der Waals surface area contributed by atoms with Gasteiger partial charge in [0.15, 0.2) is 0 Å². The number of hydrogen-bond donors (Lipinski definition) is 0. The van der Waals surface area contributed by atoms with Crippen molar-refractivity contribution in [1.82, 2.24) is 9.78 Å². The number of benzene rings is 1. The summed E-state index contributed by atoms with van der Waals surface area (Å²) >= 11 is 0. The summed E-state index contributed by atoms with van der Waals surface area (Å²) in [4.78, 5) is 13.7. The van der Waals surface area contributed by atoms with Crippen molar-refractivity contribution in [3.8, 4) is 11.1 Å². The number of hydrogen-bond acceptors (Lipinski definition) is 5. The standard InChI is InChI=1S/C21H26FN3O3/c1-27-21(26)15-7-9-24(10-8-15)19-6-5-16(12-18(19)22)17-13-23-25(14-17)20-4-2-3-11-28-20/h5-6,12-15,20H,2-4,7-11H2,1H3. The predicted molar refractivity (Wildman–Crippen MR) is 103 cm³/mol. The first-order chi connectivity index (χ1) is 13.7. The van der Waals surface area contributed by atoms with Gasteiger partial charge < -0.3 is 14.4 Å². The van der Waals surface area contributed by atoms with Crippen molar-refractivity contribution in [1.29, 1.82) is 0 Å². The molecule has 6 nitrogen and oxygen atoms in total. The van der Waals surface area contributed by atoms with Gasteiger partial charge in [-0.3, -0.25) is 4.79 Å². The fraction of sp³-hybridized carbons (Fsp3) is 0.524. The highest BCUT2D eigenvalue weighted by Gasteiger charge is 2.27. The number of rotatable bonds is 4. The van der Waals surface area contributed by atoms with E-state index in [-0.39, 0.29) is 23.9 Å². The summed E-state index contributed by atoms with van der Waals surface area (Å²) in [5.74, 6) is -0.512. The van der Waals surface area contributed by atoms with Gasteiger partial charge >= 0.3 is 5.97 Å². The van der Waals surface area contributed by atoms with Gasteiger partial charge in [-0.1, -0.05) is 6.07 Å². The monoisotopic (exact) mass is 387 g/mol. The summed E-state index contributed by atoms with van der Waals surface area (Å²) in [5.41, 5.74) is 2.26. The van der Waals surface area contributed by atoms with Crippen molar-refractivity contribution in [3.05, 3.63) is 36.4 Å². The molecule has 3 heterocycles. The van der Waals surface area contributed by atoms with Crippen molar-refractivity contribution in [2.75, 3.05) is 31.7 Å². The minimum atomic E-state index is -0.254. The molecule has 0 aliphatic carbocycles. The molecule has 2 aromatic rings. The number of aromatic nitrogens is 2. The van der Waals surface area contributed by atoms with Crippen molar-refractivity contribution in [3.63, 3.8) is 0 Å². The number of nitrogens with zero attached hydrogens (tertiary/aromatic N) is 3. The molecule has 4 rings (SSSR count). The van der Waals surface area contributed by atoms with E-state index >= 15 is 0 Å². The summed E-state index contributed by atoms with van der Waals surface area (Å²) in [6.45, 7) is 2.05. The van der Waals surface area contributed by atoms with E-state index in [0.29, 0.717) is 31.6 Å². The zero-order valence-corrected chi connectivity index (χ0v) is 16.1. The highest BCUT2D eigenvalue weighted by Crippen LogP contribution is 2.31. The van der Waals surface area contributed by atoms with E-state index in [1.54, 1.807) is 12.3 Å². The maximum absolute atomic E-state index is 14.8. The van der Waals surface area contributed by atoms with Crippen LogP contribution in [-0.2, 0) is 14.3 Å². The van der Waals surface area contributed by atoms with Gasteiger partial charge in [0.05, 0.1) is 24.9 Å². The van der Waals surface area contributed by atoms with Gasteiger partial charge in [-0.2, -0.15) is 5.10 Å². The molecule has 7 heteroatoms. The van der Waals surface area contributed by atoms with Gasteiger partial charge in [-0.15, -0.1) is 0 Å². The lowest BCUT2D eigenvalue weighted by Crippen LogP contribution is -2.37. The summed E-state index contributed by atoms with van der Waals surface area (Å²) in [6.07, 6.45) is 8.20. The Bertz CT molecular complexity index is 824. The average Bonchev–Trinajstić information content (AvgIpc) is 3.24. The minimum absolute atomic E-state index is 0.0253. The quantitative estimate of drug-likeness (QED) is 0.748. The lowest BCUT2D eigenvalue weighted by atomic mass is 9.96. The topological polar surface area (TPSA) is 56.6 Å². The number of esters is 1. The highest BCUT2D eigenvalue weighted by molar-refractivity contribution is 5.73. The molecule has 1 unspecified atom stereocenters. The van der Waals surface area contributed by atoms with Crippen molar-refractivity contribution in [2.24, 2.45) is 5.92 Å². The Kier molecular flexibility index (Phi) is 5.62. The van der Waals surface area contributed by atoms with Crippen LogP contribution in [-0.4, -0.2) is 42.6 Å². The minimum Gasteiger partial charge on any atom is -0.469 e. The second kappa shape index (κ2) is 8.31. The Morgan fingerprint density at radius 1 is 1.21 bits per heavy atom. The molecule has 2 fully saturated rings. The van der Waals surface area contributed by atoms with Crippen LogP contribution in [0.25, 0.3) is 11.1 Å². The maximum atomic E-state index is 14.8. The molecule has 28 heavy (non-hydrogen) atoms. The highest BCUT2D eigenvalue weighted by atomic mass is 19.1. The first kappa shape index (κ1) is 18.9. The van der Waals surface area contributed by atoms with Crippen LogP contribution in [0, 0.1) is 11.7 Å². The molecule has 0 amide bonds. The number of piperidine rings is 1. The van der Waals surface area contributed by atoms with Crippen LogP contribution in [0.4, 0.5) is 10.1 Å². The van der Waals surface area contributed by atoms with Crippen molar-refractivity contribution in [2.45, 2.75) is 38.3 Å². The predicted octanol–water partition coefficient (Wildman–Crippen LogP) is 3.78. The third-order valence-electron chi connectivity index (χ3n) is 5.70. The molecule has 2 saturated heterocycles. The average molecular weight is 387 g/mol. The lowest BCUT2D eigenvalue weighted by Gasteiger charge is -2.32. The first-order valence-electron chi connectivity index (χ1n) is 9.94. The molecule has 0 saturated carbocycles. The molecular weight excluding hydrogens is 361 g/mol. The Balaban J connectivity index is 1.45. The number of methoxy groups -OCH3 is 1. The van der Waals surface area contributed by atoms with Crippen molar-refractivity contribution < 1.29 is 18.7 Å². The van der Waals surface area contributed by atoms with Crippen LogP contribution in [0.15, 0.2) is 30.6 Å². The van der Waals surface area contributed by atoms with E-state index < -0.39 is 0 Å². The molecule has 0 spiro atoms. The summed E-state index contributed by atoms with van der Waals surface area (Å²) < 4.78 is 27.2. The largest absolute Gasteiger partial charge is 0.469 e. The van der Waals surface area contributed by atoms with Gasteiger partial charge in [0.25, 0.3) is 0 Å². The van der Waals surface area contributed by atoms with Crippen LogP contribution >= 0.6 is 0 Å². The van der Waals surface area contributed by atoms with E-state index in [9.17, 15) is 9.18 Å². The Hall–Kier alpha value is -2.41. The second-order valence-corrected chi connectivity index (χ2v) is 7.48. The molecule has 1 aromatic heterocycles. The number of ether oxygens (including phenoxy) is 2. The Morgan fingerprint density at radius 2 is 2.04 bits per heavy atom. The normalized spacial score (nSPS) is 20.9. The molecule has 1 aromatic carbocycles. The van der Waals surface area contributed by atoms with Crippen LogP contribution in [0.1, 0.15) is 38.3 Å². The SMILES string of the molecule is COC(=O)C1CCN(c2ccc(-c3cnn(C4CCCCO4)c3)cc2F)CC1. The van der Waals surface area contributed by atoms with Gasteiger partial charge in [-0.25, -0.2) is 9.07 Å². The third-order valence-corrected chi connectivity index (χ3v) is 5.70. The zero-order valence-electron chi connectivity index (χ0n) is 16.1. The third kappa shape index (κ3) is 3.90. The van der Waals surface area contributed by atoms with E-state index in [1.165, 1.54) is 7.11 Å². The van der Waals surface area contributed by atoms with Crippen LogP contribution < -0.4 is 4.90 Å². The fourth-order valence-electron chi connectivity index (χ4n) is 4.04. The molecule has 2 aliphatic heterocycles. The van der Waals surface area contributed by atoms with E-state index in [4.69, 9.17) is 9.47 Å². The van der Waals surface area contributed by atoms with Crippen molar-refractivity contribution >= 4 is 11.7 Å². The smallest absolute Gasteiger partial charge is 0.308 e. The van der Waals surface area contributed by atoms with Gasteiger partial charge in [0.2, 0.25) is 0 Å². The van der Waals surface area contributed by atoms with Gasteiger partial charge in [0.1, 0.15) is 12.0 Å². The summed E-state index contributed by atoms with van der Waals surface area (Å²) in [6, 6.07) is 5.30. The molecule has 150 valence electrons. The number of anilines is 1. The summed E-state index contributed by atoms with van der Waals surface area (Å²) in [7, 11) is 1.41. The van der Waals surface area contributed by atoms with Crippen LogP contribution in [0.5, 0.6) is 0 Å². The first-order valence-corrected chi connectivity index (χ1v) is 9.94. The molecule has 0 N–H and O–H groups in total. The molecule has 1 atom stereocenters. The van der Waals surface area contributed by atoms with Gasteiger partial charge in [0, 0.05) is 31.5 Å². The maximum Gasteiger partial charge on any atom is 0.308 e. The van der Waals surface area contributed by atoms with E-state index in [0.717, 1.165) is 37.0 Å². The van der Waals surface area contributed by atoms with Gasteiger partial charge in [-0.05, 0) is 49.8 Å². The zero-order chi connectivity index (χ0) is 19.5. The van der Waals surface area contributed by atoms with E-state index in [2.05, 4.69) is 5.10 Å². The Morgan fingerprint density at radius 3 is 2.71 bits per heavy atom. The molecule has 0 bridgehead atoms. The summed E-state index contributed by atoms with van der Waals surface area (Å²) in [5, 5.41) is 4.41. The fourth-order valence-corrected chi connectivity index (χ4v) is 4.04. The van der Waals surface area contributed by atoms with E-state index in [1.807, 2.05) is 27.9 Å².